The molecule has 0 aromatic heterocycles. The Hall–Kier alpha value is -3.57. The number of quaternary nitrogens is 1. The molecule has 2 aliphatic heterocycles. The van der Waals surface area contributed by atoms with Crippen LogP contribution in [0.4, 0.5) is 4.79 Å². The Balaban J connectivity index is 1.81. The van der Waals surface area contributed by atoms with Gasteiger partial charge in [-0.2, -0.15) is 4.48 Å². The summed E-state index contributed by atoms with van der Waals surface area (Å²) in [5.74, 6) is -2.62. The molecule has 0 bridgehead atoms. The number of nitrogens with zero attached hydrogens (tertiary/aromatic N) is 1. The molecule has 1 aromatic rings. The van der Waals surface area contributed by atoms with Crippen molar-refractivity contribution in [3.8, 4) is 0 Å². The summed E-state index contributed by atoms with van der Waals surface area (Å²) >= 11 is 0. The maximum Gasteiger partial charge on any atom is 0.428 e. The average molecular weight is 474 g/mol. The number of carboxylic acid groups (broad SMARTS) is 1. The molecule has 34 heavy (non-hydrogen) atoms. The lowest BCUT2D eigenvalue weighted by atomic mass is 10.1. The van der Waals surface area contributed by atoms with Gasteiger partial charge in [0.1, 0.15) is 24.7 Å². The van der Waals surface area contributed by atoms with E-state index in [0.29, 0.717) is 6.42 Å². The molecule has 11 nitrogen and oxygen atoms in total. The normalized spacial score (nSPS) is 26.1. The predicted molar refractivity (Wildman–Crippen MR) is 118 cm³/mol. The van der Waals surface area contributed by atoms with Crippen molar-refractivity contribution in [2.24, 2.45) is 0 Å². The smallest absolute Gasteiger partial charge is 0.428 e. The number of hydrogen-bond donors (Lipinski definition) is 3. The molecule has 1 unspecified atom stereocenters. The molecule has 1 aromatic carbocycles. The van der Waals surface area contributed by atoms with Crippen molar-refractivity contribution in [3.05, 3.63) is 47.7 Å². The zero-order valence-corrected chi connectivity index (χ0v) is 19.0. The second-order valence-electron chi connectivity index (χ2n) is 8.27. The molecule has 0 spiro atoms. The van der Waals surface area contributed by atoms with Crippen LogP contribution < -0.4 is 5.32 Å². The van der Waals surface area contributed by atoms with E-state index in [-0.39, 0.29) is 42.4 Å². The molecule has 1 fully saturated rings. The zero-order chi connectivity index (χ0) is 24.9. The molecule has 0 aliphatic carbocycles. The number of aromatic carboxylic acids is 1. The van der Waals surface area contributed by atoms with Crippen LogP contribution in [-0.2, 0) is 19.0 Å². The number of ether oxygens (including phenoxy) is 3. The Kier molecular flexibility index (Phi) is 7.79. The minimum absolute atomic E-state index is 0.0834. The van der Waals surface area contributed by atoms with Gasteiger partial charge >= 0.3 is 23.9 Å². The summed E-state index contributed by atoms with van der Waals surface area (Å²) in [5.41, 5.74) is -0.347. The third kappa shape index (κ3) is 5.49. The highest BCUT2D eigenvalue weighted by Gasteiger charge is 2.54. The topological polar surface area (TPSA) is 152 Å². The highest BCUT2D eigenvalue weighted by molar-refractivity contribution is 6.03. The van der Waals surface area contributed by atoms with Gasteiger partial charge in [0.15, 0.2) is 6.10 Å². The fourth-order valence-electron chi connectivity index (χ4n) is 3.80. The summed E-state index contributed by atoms with van der Waals surface area (Å²) in [6.07, 6.45) is 2.17. The standard InChI is InChI=1S/C23H27N3O8/c1-3-4-9-19(27)32-13-14-12-17(20(33-14)26(2)11-10-18(24)25-23(26)31)34-22(30)16-8-6-5-7-15(16)21(28)29/h5-8,10-11,14,17,20H,3-4,9,12-13H2,1-2H3,(H2-,24,25,28,29,31)/p+1/t14-,17+,20+,26?/m0/s1. The third-order valence-corrected chi connectivity index (χ3v) is 5.70. The molecule has 4 atom stereocenters. The van der Waals surface area contributed by atoms with Crippen LogP contribution in [-0.4, -0.2) is 71.5 Å². The van der Waals surface area contributed by atoms with E-state index < -0.39 is 40.9 Å². The van der Waals surface area contributed by atoms with Crippen LogP contribution in [0.1, 0.15) is 53.3 Å². The first-order chi connectivity index (χ1) is 16.2. The summed E-state index contributed by atoms with van der Waals surface area (Å²) in [5, 5.41) is 19.4. The van der Waals surface area contributed by atoms with E-state index >= 15 is 0 Å². The molecular weight excluding hydrogens is 446 g/mol. The first-order valence-electron chi connectivity index (χ1n) is 10.9. The minimum atomic E-state index is -1.28. The van der Waals surface area contributed by atoms with Crippen LogP contribution >= 0.6 is 0 Å². The van der Waals surface area contributed by atoms with E-state index in [0.717, 1.165) is 6.42 Å². The van der Waals surface area contributed by atoms with Crippen LogP contribution in [0.25, 0.3) is 0 Å². The van der Waals surface area contributed by atoms with E-state index in [9.17, 15) is 24.3 Å². The minimum Gasteiger partial charge on any atom is -0.478 e. The third-order valence-electron chi connectivity index (χ3n) is 5.70. The van der Waals surface area contributed by atoms with Crippen molar-refractivity contribution < 1.29 is 43.0 Å². The average Bonchev–Trinajstić information content (AvgIpc) is 3.22. The quantitative estimate of drug-likeness (QED) is 0.364. The van der Waals surface area contributed by atoms with Crippen molar-refractivity contribution in [2.45, 2.75) is 51.0 Å². The van der Waals surface area contributed by atoms with E-state index in [1.165, 1.54) is 43.6 Å². The number of benzene rings is 1. The number of unbranched alkanes of at least 4 members (excludes halogenated alkanes) is 1. The van der Waals surface area contributed by atoms with Gasteiger partial charge in [-0.1, -0.05) is 25.5 Å². The molecule has 1 saturated heterocycles. The van der Waals surface area contributed by atoms with Crippen molar-refractivity contribution in [2.75, 3.05) is 13.7 Å². The van der Waals surface area contributed by atoms with Crippen LogP contribution in [0.3, 0.4) is 0 Å². The first kappa shape index (κ1) is 25.1. The summed E-state index contributed by atoms with van der Waals surface area (Å²) < 4.78 is 16.5. The molecule has 2 heterocycles. The molecule has 2 amide bonds. The Morgan fingerprint density at radius 1 is 1.26 bits per heavy atom. The fourth-order valence-corrected chi connectivity index (χ4v) is 3.80. The van der Waals surface area contributed by atoms with E-state index in [4.69, 9.17) is 19.6 Å². The number of hydrogen-bond acceptors (Lipinski definition) is 8. The Labute approximate surface area is 196 Å². The number of urea groups is 1. The SMILES string of the molecule is CCCCC(=O)OC[C@@H]1C[C@@H](OC(=O)c2ccccc2C(=O)O)[C@H]([N+]2(C)C=CC(=N)NC2=O)O1. The highest BCUT2D eigenvalue weighted by Crippen LogP contribution is 2.32. The number of carbonyl (C=O) groups excluding carboxylic acids is 3. The summed E-state index contributed by atoms with van der Waals surface area (Å²) in [6.45, 7) is 1.88. The van der Waals surface area contributed by atoms with Crippen molar-refractivity contribution in [3.63, 3.8) is 0 Å². The lowest BCUT2D eigenvalue weighted by molar-refractivity contribution is -0.835. The van der Waals surface area contributed by atoms with Crippen molar-refractivity contribution in [1.82, 2.24) is 5.32 Å². The van der Waals surface area contributed by atoms with Gasteiger partial charge in [-0.3, -0.25) is 15.5 Å². The number of rotatable bonds is 9. The maximum atomic E-state index is 12.9. The number of carboxylic acids is 1. The molecule has 182 valence electrons. The van der Waals surface area contributed by atoms with Crippen LogP contribution in [0.5, 0.6) is 0 Å². The van der Waals surface area contributed by atoms with Gasteiger partial charge in [-0.05, 0) is 18.6 Å². The van der Waals surface area contributed by atoms with Gasteiger partial charge in [-0.15, -0.1) is 0 Å². The zero-order valence-electron chi connectivity index (χ0n) is 19.0. The van der Waals surface area contributed by atoms with Gasteiger partial charge in [-0.25, -0.2) is 14.4 Å². The molecule has 2 aliphatic rings. The van der Waals surface area contributed by atoms with Crippen LogP contribution in [0.15, 0.2) is 36.5 Å². The number of esters is 2. The van der Waals surface area contributed by atoms with Gasteiger partial charge in [0.25, 0.3) is 0 Å². The van der Waals surface area contributed by atoms with Gasteiger partial charge in [0, 0.05) is 18.9 Å². The number of carbonyl (C=O) groups is 4. The molecule has 3 rings (SSSR count). The number of amidine groups is 1. The first-order valence-corrected chi connectivity index (χ1v) is 10.9. The number of nitrogens with one attached hydrogen (secondary N) is 2. The van der Waals surface area contributed by atoms with Crippen molar-refractivity contribution >= 4 is 29.8 Å². The van der Waals surface area contributed by atoms with Gasteiger partial charge in [0.2, 0.25) is 6.23 Å². The van der Waals surface area contributed by atoms with Crippen molar-refractivity contribution in [1.29, 1.82) is 5.41 Å². The fraction of sp³-hybridized carbons (Fsp3) is 0.435. The Morgan fingerprint density at radius 2 is 1.97 bits per heavy atom. The number of likely N-dealkylation sites (N-methyl/N-ethyl adjacent to an activating group) is 1. The second kappa shape index (κ2) is 10.6. The highest BCUT2D eigenvalue weighted by atomic mass is 16.6. The molecule has 3 N–H and O–H groups in total. The lowest BCUT2D eigenvalue weighted by Crippen LogP contribution is -2.62. The predicted octanol–water partition coefficient (Wildman–Crippen LogP) is 2.42. The Morgan fingerprint density at radius 3 is 2.62 bits per heavy atom. The van der Waals surface area contributed by atoms with Crippen LogP contribution in [0, 0.1) is 5.41 Å². The number of amides is 2. The van der Waals surface area contributed by atoms with E-state index in [1.807, 2.05) is 6.92 Å². The van der Waals surface area contributed by atoms with E-state index in [2.05, 4.69) is 5.32 Å². The maximum absolute atomic E-state index is 12.9. The van der Waals surface area contributed by atoms with Gasteiger partial charge < -0.3 is 19.3 Å². The largest absolute Gasteiger partial charge is 0.478 e. The van der Waals surface area contributed by atoms with E-state index in [1.54, 1.807) is 0 Å². The summed E-state index contributed by atoms with van der Waals surface area (Å²) in [6, 6.07) is 5.08. The summed E-state index contributed by atoms with van der Waals surface area (Å²) in [7, 11) is 1.53. The Bertz CT molecular complexity index is 1020. The van der Waals surface area contributed by atoms with Gasteiger partial charge in [0.05, 0.1) is 18.2 Å². The summed E-state index contributed by atoms with van der Waals surface area (Å²) in [4.78, 5) is 49.1. The molecule has 0 saturated carbocycles. The van der Waals surface area contributed by atoms with Crippen LogP contribution in [0.2, 0.25) is 0 Å². The lowest BCUT2D eigenvalue weighted by Gasteiger charge is -2.36. The molecular formula is C23H28N3O8+. The molecule has 11 heteroatoms. The monoisotopic (exact) mass is 474 g/mol. The second-order valence-corrected chi connectivity index (χ2v) is 8.27. The molecule has 0 radical (unpaired) electrons.